The molecule has 0 radical (unpaired) electrons. The summed E-state index contributed by atoms with van der Waals surface area (Å²) in [5.74, 6) is -0.208. The Morgan fingerprint density at radius 3 is 2.80 bits per heavy atom. The fraction of sp³-hybridized carbons (Fsp3) is 0.200. The van der Waals surface area contributed by atoms with Crippen molar-refractivity contribution in [2.45, 2.75) is 6.04 Å². The predicted octanol–water partition coefficient (Wildman–Crippen LogP) is 1.19. The zero-order valence-corrected chi connectivity index (χ0v) is 8.57. The van der Waals surface area contributed by atoms with Gasteiger partial charge in [-0.3, -0.25) is 14.6 Å². The lowest BCUT2D eigenvalue weighted by atomic mass is 10.2. The number of hydrogen-bond acceptors (Lipinski definition) is 3. The Kier molecular flexibility index (Phi) is 2.99. The summed E-state index contributed by atoms with van der Waals surface area (Å²) in [6.45, 7) is 0.281. The molecule has 0 aliphatic carbocycles. The Hall–Kier alpha value is -1.39. The van der Waals surface area contributed by atoms with Gasteiger partial charge in [0, 0.05) is 11.2 Å². The molecule has 78 valence electrons. The van der Waals surface area contributed by atoms with E-state index in [2.05, 4.69) is 10.5 Å². The number of halogens is 1. The minimum atomic E-state index is -0.444. The van der Waals surface area contributed by atoms with Gasteiger partial charge in [0.05, 0.1) is 0 Å². The number of benzene rings is 1. The summed E-state index contributed by atoms with van der Waals surface area (Å²) in [5, 5.41) is 0.675. The van der Waals surface area contributed by atoms with Crippen LogP contribution in [-0.4, -0.2) is 24.8 Å². The summed E-state index contributed by atoms with van der Waals surface area (Å²) in [6, 6.07) is 6.77. The van der Waals surface area contributed by atoms with E-state index in [0.717, 1.165) is 5.56 Å². The molecule has 1 unspecified atom stereocenters. The van der Waals surface area contributed by atoms with Gasteiger partial charge in [-0.25, -0.2) is 5.48 Å². The van der Waals surface area contributed by atoms with Crippen LogP contribution in [0.2, 0.25) is 5.02 Å². The molecule has 1 N–H and O–H groups in total. The molecule has 1 aromatic rings. The van der Waals surface area contributed by atoms with Crippen LogP contribution in [0.4, 0.5) is 0 Å². The van der Waals surface area contributed by atoms with E-state index in [1.807, 2.05) is 12.1 Å². The van der Waals surface area contributed by atoms with Crippen LogP contribution in [0.25, 0.3) is 0 Å². The lowest BCUT2D eigenvalue weighted by molar-refractivity contribution is -0.124. The molecule has 1 heterocycles. The van der Waals surface area contributed by atoms with Gasteiger partial charge in [-0.1, -0.05) is 23.7 Å². The summed E-state index contributed by atoms with van der Waals surface area (Å²) in [5.41, 5.74) is 3.14. The van der Waals surface area contributed by atoms with Crippen LogP contribution in [0.1, 0.15) is 5.56 Å². The van der Waals surface area contributed by atoms with Gasteiger partial charge in [0.25, 0.3) is 5.91 Å². The van der Waals surface area contributed by atoms with Crippen molar-refractivity contribution < 1.29 is 9.63 Å². The quantitative estimate of drug-likeness (QED) is 0.768. The average Bonchev–Trinajstić information content (AvgIpc) is 2.63. The molecule has 1 atom stereocenters. The number of amides is 1. The van der Waals surface area contributed by atoms with E-state index in [-0.39, 0.29) is 12.5 Å². The highest BCUT2D eigenvalue weighted by molar-refractivity contribution is 6.30. The summed E-state index contributed by atoms with van der Waals surface area (Å²) in [7, 11) is 0. The first-order valence-electron chi connectivity index (χ1n) is 4.46. The van der Waals surface area contributed by atoms with Crippen LogP contribution in [0.3, 0.4) is 0 Å². The lowest BCUT2D eigenvalue weighted by Gasteiger charge is -1.96. The van der Waals surface area contributed by atoms with E-state index < -0.39 is 6.04 Å². The Morgan fingerprint density at radius 1 is 1.47 bits per heavy atom. The Bertz CT molecular complexity index is 389. The van der Waals surface area contributed by atoms with E-state index in [9.17, 15) is 4.79 Å². The van der Waals surface area contributed by atoms with Crippen molar-refractivity contribution in [1.82, 2.24) is 5.48 Å². The highest BCUT2D eigenvalue weighted by atomic mass is 35.5. The third kappa shape index (κ3) is 2.55. The second-order valence-corrected chi connectivity index (χ2v) is 3.56. The Labute approximate surface area is 91.9 Å². The molecule has 4 nitrogen and oxygen atoms in total. The number of hydrogen-bond donors (Lipinski definition) is 1. The van der Waals surface area contributed by atoms with Crippen LogP contribution < -0.4 is 5.48 Å². The van der Waals surface area contributed by atoms with Crippen molar-refractivity contribution in [3.63, 3.8) is 0 Å². The summed E-state index contributed by atoms with van der Waals surface area (Å²) in [4.78, 5) is 19.9. The minimum Gasteiger partial charge on any atom is -0.277 e. The second-order valence-electron chi connectivity index (χ2n) is 3.12. The number of carbonyl (C=O) groups is 1. The fourth-order valence-electron chi connectivity index (χ4n) is 1.17. The molecule has 0 saturated carbocycles. The smallest absolute Gasteiger partial charge is 0.270 e. The molecule has 1 fully saturated rings. The topological polar surface area (TPSA) is 50.7 Å². The predicted molar refractivity (Wildman–Crippen MR) is 56.9 cm³/mol. The van der Waals surface area contributed by atoms with E-state index in [4.69, 9.17) is 16.4 Å². The van der Waals surface area contributed by atoms with E-state index in [1.54, 1.807) is 18.3 Å². The molecular formula is C10H9ClN2O2. The summed E-state index contributed by atoms with van der Waals surface area (Å²) < 4.78 is 0. The van der Waals surface area contributed by atoms with Crippen LogP contribution in [0.5, 0.6) is 0 Å². The van der Waals surface area contributed by atoms with Crippen LogP contribution >= 0.6 is 11.6 Å². The van der Waals surface area contributed by atoms with Gasteiger partial charge in [0.1, 0.15) is 6.61 Å². The first-order chi connectivity index (χ1) is 7.25. The molecule has 0 aromatic heterocycles. The molecule has 15 heavy (non-hydrogen) atoms. The van der Waals surface area contributed by atoms with Crippen molar-refractivity contribution in [2.24, 2.45) is 4.99 Å². The van der Waals surface area contributed by atoms with Crippen LogP contribution in [0.15, 0.2) is 29.3 Å². The average molecular weight is 225 g/mol. The molecule has 0 bridgehead atoms. The molecule has 5 heteroatoms. The first-order valence-corrected chi connectivity index (χ1v) is 4.84. The number of aliphatic imine (C=N–C) groups is 1. The van der Waals surface area contributed by atoms with Crippen molar-refractivity contribution >= 4 is 23.7 Å². The molecule has 1 aliphatic rings. The molecule has 1 aromatic carbocycles. The molecule has 1 amide bonds. The largest absolute Gasteiger partial charge is 0.277 e. The van der Waals surface area contributed by atoms with Gasteiger partial charge in [-0.2, -0.15) is 0 Å². The van der Waals surface area contributed by atoms with Crippen molar-refractivity contribution in [2.75, 3.05) is 6.61 Å². The zero-order chi connectivity index (χ0) is 10.7. The highest BCUT2D eigenvalue weighted by Crippen LogP contribution is 2.08. The highest BCUT2D eigenvalue weighted by Gasteiger charge is 2.23. The minimum absolute atomic E-state index is 0.208. The standard InChI is InChI=1S/C10H9ClN2O2/c11-8-3-1-7(2-4-8)5-12-9-6-15-13-10(9)14/h1-5,9H,6H2,(H,13,14). The van der Waals surface area contributed by atoms with E-state index >= 15 is 0 Å². The Morgan fingerprint density at radius 2 is 2.20 bits per heavy atom. The fourth-order valence-corrected chi connectivity index (χ4v) is 1.30. The lowest BCUT2D eigenvalue weighted by Crippen LogP contribution is -2.21. The maximum absolute atomic E-state index is 11.1. The summed E-state index contributed by atoms with van der Waals surface area (Å²) in [6.07, 6.45) is 1.63. The van der Waals surface area contributed by atoms with Crippen LogP contribution in [-0.2, 0) is 9.63 Å². The van der Waals surface area contributed by atoms with Gasteiger partial charge in [0.2, 0.25) is 0 Å². The molecule has 2 rings (SSSR count). The molecular weight excluding hydrogens is 216 g/mol. The van der Waals surface area contributed by atoms with Crippen molar-refractivity contribution in [3.05, 3.63) is 34.9 Å². The van der Waals surface area contributed by atoms with Gasteiger partial charge < -0.3 is 0 Å². The second kappa shape index (κ2) is 4.42. The van der Waals surface area contributed by atoms with E-state index in [1.165, 1.54) is 0 Å². The number of rotatable bonds is 2. The maximum Gasteiger partial charge on any atom is 0.270 e. The van der Waals surface area contributed by atoms with Gasteiger partial charge in [-0.15, -0.1) is 0 Å². The maximum atomic E-state index is 11.1. The number of hydroxylamine groups is 1. The monoisotopic (exact) mass is 224 g/mol. The molecule has 0 spiro atoms. The molecule has 1 saturated heterocycles. The number of carbonyl (C=O) groups excluding carboxylic acids is 1. The first kappa shape index (κ1) is 10.1. The third-order valence-corrected chi connectivity index (χ3v) is 2.24. The molecule has 1 aliphatic heterocycles. The Balaban J connectivity index is 2.04. The van der Waals surface area contributed by atoms with Gasteiger partial charge in [-0.05, 0) is 17.7 Å². The van der Waals surface area contributed by atoms with Gasteiger partial charge >= 0.3 is 0 Å². The van der Waals surface area contributed by atoms with Crippen LogP contribution in [0, 0.1) is 0 Å². The van der Waals surface area contributed by atoms with Gasteiger partial charge in [0.15, 0.2) is 6.04 Å². The third-order valence-electron chi connectivity index (χ3n) is 1.99. The SMILES string of the molecule is O=C1NOCC1N=Cc1ccc(Cl)cc1. The number of nitrogens with one attached hydrogen (secondary N) is 1. The number of nitrogens with zero attached hydrogens (tertiary/aromatic N) is 1. The van der Waals surface area contributed by atoms with Crippen molar-refractivity contribution in [1.29, 1.82) is 0 Å². The normalized spacial score (nSPS) is 20.9. The zero-order valence-electron chi connectivity index (χ0n) is 7.81. The van der Waals surface area contributed by atoms with E-state index in [0.29, 0.717) is 5.02 Å². The summed E-state index contributed by atoms with van der Waals surface area (Å²) >= 11 is 5.73. The van der Waals surface area contributed by atoms with Crippen molar-refractivity contribution in [3.8, 4) is 0 Å².